The van der Waals surface area contributed by atoms with Crippen LogP contribution in [0, 0.1) is 6.92 Å². The average molecular weight is 272 g/mol. The summed E-state index contributed by atoms with van der Waals surface area (Å²) in [5.74, 6) is 0.658. The molecule has 2 rings (SSSR count). The summed E-state index contributed by atoms with van der Waals surface area (Å²) in [5, 5.41) is 3.10. The Hall–Kier alpha value is -1.26. The van der Waals surface area contributed by atoms with Crippen LogP contribution in [0.3, 0.4) is 0 Å². The second kappa shape index (κ2) is 6.61. The van der Waals surface area contributed by atoms with Crippen LogP contribution in [0.5, 0.6) is 5.75 Å². The largest absolute Gasteiger partial charge is 0.489 e. The molecule has 1 aliphatic rings. The number of ether oxygens (including phenoxy) is 2. The molecule has 1 heterocycles. The molecule has 100 valence electrons. The molecule has 0 saturated carbocycles. The van der Waals surface area contributed by atoms with E-state index in [1.54, 1.807) is 0 Å². The van der Waals surface area contributed by atoms with Gasteiger partial charge in [0, 0.05) is 13.0 Å². The van der Waals surface area contributed by atoms with Crippen LogP contribution in [0.1, 0.15) is 12.0 Å². The van der Waals surface area contributed by atoms with Crippen molar-refractivity contribution in [3.8, 4) is 5.75 Å². The molecule has 0 aliphatic carbocycles. The zero-order valence-corrected chi connectivity index (χ0v) is 11.3. The zero-order valence-electron chi connectivity index (χ0n) is 10.5. The van der Waals surface area contributed by atoms with Crippen LogP contribution >= 0.6 is 12.4 Å². The third kappa shape index (κ3) is 3.37. The molecule has 1 aromatic rings. The number of aryl methyl sites for hydroxylation is 1. The number of nitrogens with one attached hydrogen (secondary N) is 1. The number of methoxy groups -OCH3 is 1. The van der Waals surface area contributed by atoms with E-state index in [4.69, 9.17) is 9.47 Å². The van der Waals surface area contributed by atoms with Gasteiger partial charge in [-0.25, -0.2) is 0 Å². The first kappa shape index (κ1) is 14.8. The Labute approximate surface area is 113 Å². The fraction of sp³-hybridized carbons (Fsp3) is 0.462. The minimum absolute atomic E-state index is 0. The Kier molecular flexibility index (Phi) is 5.44. The zero-order chi connectivity index (χ0) is 12.3. The fourth-order valence-electron chi connectivity index (χ4n) is 1.98. The monoisotopic (exact) mass is 271 g/mol. The van der Waals surface area contributed by atoms with E-state index in [1.807, 2.05) is 31.2 Å². The van der Waals surface area contributed by atoms with E-state index in [9.17, 15) is 4.79 Å². The first-order chi connectivity index (χ1) is 8.20. The standard InChI is InChI=1S/C13H17NO3.ClH/c1-9-5-3-4-6-12(9)17-10-7-11(14-8-10)13(15)16-2;/h3-6,10-11,14H,7-8H2,1-2H3;1H. The number of carbonyl (C=O) groups excluding carboxylic acids is 1. The number of rotatable bonds is 3. The minimum Gasteiger partial charge on any atom is -0.489 e. The Bertz CT molecular complexity index is 411. The van der Waals surface area contributed by atoms with Crippen LogP contribution in [-0.4, -0.2) is 31.8 Å². The Balaban J connectivity index is 0.00000162. The van der Waals surface area contributed by atoms with E-state index in [0.717, 1.165) is 11.3 Å². The highest BCUT2D eigenvalue weighted by Gasteiger charge is 2.31. The Morgan fingerprint density at radius 3 is 2.78 bits per heavy atom. The summed E-state index contributed by atoms with van der Waals surface area (Å²) in [4.78, 5) is 11.3. The van der Waals surface area contributed by atoms with Crippen molar-refractivity contribution in [3.05, 3.63) is 29.8 Å². The first-order valence-electron chi connectivity index (χ1n) is 5.74. The highest BCUT2D eigenvalue weighted by molar-refractivity contribution is 5.85. The maximum absolute atomic E-state index is 11.3. The van der Waals surface area contributed by atoms with Crippen LogP contribution in [0.15, 0.2) is 24.3 Å². The summed E-state index contributed by atoms with van der Waals surface area (Å²) < 4.78 is 10.6. The summed E-state index contributed by atoms with van der Waals surface area (Å²) in [6.45, 7) is 2.68. The van der Waals surface area contributed by atoms with Gasteiger partial charge in [-0.1, -0.05) is 18.2 Å². The Morgan fingerprint density at radius 1 is 1.39 bits per heavy atom. The molecular weight excluding hydrogens is 254 g/mol. The molecule has 1 N–H and O–H groups in total. The second-order valence-corrected chi connectivity index (χ2v) is 4.23. The smallest absolute Gasteiger partial charge is 0.323 e. The lowest BCUT2D eigenvalue weighted by molar-refractivity contribution is -0.142. The molecule has 1 fully saturated rings. The fourth-order valence-corrected chi connectivity index (χ4v) is 1.98. The lowest BCUT2D eigenvalue weighted by Gasteiger charge is -2.14. The maximum atomic E-state index is 11.3. The SMILES string of the molecule is COC(=O)C1CC(Oc2ccccc2C)CN1.Cl. The molecule has 5 heteroatoms. The van der Waals surface area contributed by atoms with Gasteiger partial charge in [-0.2, -0.15) is 0 Å². The van der Waals surface area contributed by atoms with Gasteiger partial charge in [-0.3, -0.25) is 4.79 Å². The van der Waals surface area contributed by atoms with Gasteiger partial charge in [0.25, 0.3) is 0 Å². The van der Waals surface area contributed by atoms with Gasteiger partial charge in [-0.05, 0) is 18.6 Å². The van der Waals surface area contributed by atoms with Crippen molar-refractivity contribution in [2.45, 2.75) is 25.5 Å². The van der Waals surface area contributed by atoms with Gasteiger partial charge in [0.1, 0.15) is 17.9 Å². The lowest BCUT2D eigenvalue weighted by atomic mass is 10.2. The highest BCUT2D eigenvalue weighted by Crippen LogP contribution is 2.21. The summed E-state index contributed by atoms with van der Waals surface area (Å²) in [5.41, 5.74) is 1.11. The molecule has 0 amide bonds. The van der Waals surface area contributed by atoms with E-state index < -0.39 is 0 Å². The molecule has 1 aliphatic heterocycles. The van der Waals surface area contributed by atoms with Crippen molar-refractivity contribution in [1.29, 1.82) is 0 Å². The topological polar surface area (TPSA) is 47.6 Å². The third-order valence-electron chi connectivity index (χ3n) is 2.96. The summed E-state index contributed by atoms with van der Waals surface area (Å²) >= 11 is 0. The number of benzene rings is 1. The predicted octanol–water partition coefficient (Wildman–Crippen LogP) is 1.70. The molecule has 1 saturated heterocycles. The van der Waals surface area contributed by atoms with Gasteiger partial charge >= 0.3 is 5.97 Å². The van der Waals surface area contributed by atoms with Gasteiger partial charge in [0.2, 0.25) is 0 Å². The van der Waals surface area contributed by atoms with Gasteiger partial charge in [-0.15, -0.1) is 12.4 Å². The molecule has 4 nitrogen and oxygen atoms in total. The average Bonchev–Trinajstić information content (AvgIpc) is 2.80. The predicted molar refractivity (Wildman–Crippen MR) is 71.3 cm³/mol. The Morgan fingerprint density at radius 2 is 2.11 bits per heavy atom. The normalized spacial score (nSPS) is 22.1. The van der Waals surface area contributed by atoms with E-state index in [1.165, 1.54) is 7.11 Å². The van der Waals surface area contributed by atoms with E-state index in [0.29, 0.717) is 13.0 Å². The quantitative estimate of drug-likeness (QED) is 0.850. The molecule has 0 aromatic heterocycles. The molecule has 0 spiro atoms. The van der Waals surface area contributed by atoms with Gasteiger partial charge < -0.3 is 14.8 Å². The lowest BCUT2D eigenvalue weighted by Crippen LogP contribution is -2.31. The molecular formula is C13H18ClNO3. The van der Waals surface area contributed by atoms with Gasteiger partial charge in [0.05, 0.1) is 7.11 Å². The number of esters is 1. The highest BCUT2D eigenvalue weighted by atomic mass is 35.5. The molecule has 18 heavy (non-hydrogen) atoms. The van der Waals surface area contributed by atoms with Crippen LogP contribution in [0.25, 0.3) is 0 Å². The third-order valence-corrected chi connectivity index (χ3v) is 2.96. The number of hydrogen-bond acceptors (Lipinski definition) is 4. The number of halogens is 1. The summed E-state index contributed by atoms with van der Waals surface area (Å²) in [7, 11) is 1.40. The van der Waals surface area contributed by atoms with E-state index in [-0.39, 0.29) is 30.5 Å². The minimum atomic E-state index is -0.242. The summed E-state index contributed by atoms with van der Waals surface area (Å²) in [6, 6.07) is 7.64. The van der Waals surface area contributed by atoms with Crippen LogP contribution in [0.4, 0.5) is 0 Å². The van der Waals surface area contributed by atoms with Crippen molar-refractivity contribution >= 4 is 18.4 Å². The number of carbonyl (C=O) groups is 1. The molecule has 1 aromatic carbocycles. The van der Waals surface area contributed by atoms with Crippen LogP contribution < -0.4 is 10.1 Å². The molecule has 0 radical (unpaired) electrons. The van der Waals surface area contributed by atoms with Crippen molar-refractivity contribution in [2.75, 3.05) is 13.7 Å². The van der Waals surface area contributed by atoms with Gasteiger partial charge in [0.15, 0.2) is 0 Å². The first-order valence-corrected chi connectivity index (χ1v) is 5.74. The molecule has 0 bridgehead atoms. The molecule has 2 atom stereocenters. The molecule has 2 unspecified atom stereocenters. The summed E-state index contributed by atoms with van der Waals surface area (Å²) in [6.07, 6.45) is 0.682. The van der Waals surface area contributed by atoms with Crippen molar-refractivity contribution in [1.82, 2.24) is 5.32 Å². The second-order valence-electron chi connectivity index (χ2n) is 4.23. The van der Waals surface area contributed by atoms with Crippen LogP contribution in [0.2, 0.25) is 0 Å². The van der Waals surface area contributed by atoms with Crippen molar-refractivity contribution in [2.24, 2.45) is 0 Å². The van der Waals surface area contributed by atoms with Crippen molar-refractivity contribution < 1.29 is 14.3 Å². The van der Waals surface area contributed by atoms with Crippen molar-refractivity contribution in [3.63, 3.8) is 0 Å². The van der Waals surface area contributed by atoms with E-state index >= 15 is 0 Å². The maximum Gasteiger partial charge on any atom is 0.323 e. The van der Waals surface area contributed by atoms with Crippen LogP contribution in [-0.2, 0) is 9.53 Å². The number of hydrogen-bond donors (Lipinski definition) is 1. The number of para-hydroxylation sites is 1. The van der Waals surface area contributed by atoms with E-state index in [2.05, 4.69) is 5.32 Å².